The molecule has 160 valence electrons. The van der Waals surface area contributed by atoms with Gasteiger partial charge in [0.15, 0.2) is 13.2 Å². The zero-order valence-corrected chi connectivity index (χ0v) is 16.8. The van der Waals surface area contributed by atoms with E-state index in [9.17, 15) is 14.4 Å². The first kappa shape index (κ1) is 22.3. The van der Waals surface area contributed by atoms with E-state index in [2.05, 4.69) is 5.32 Å². The van der Waals surface area contributed by atoms with Crippen molar-refractivity contribution in [1.29, 1.82) is 0 Å². The van der Waals surface area contributed by atoms with Crippen molar-refractivity contribution in [1.82, 2.24) is 10.2 Å². The molecule has 0 aliphatic carbocycles. The van der Waals surface area contributed by atoms with E-state index in [1.54, 1.807) is 36.1 Å². The van der Waals surface area contributed by atoms with Gasteiger partial charge < -0.3 is 29.2 Å². The molecule has 1 aromatic carbocycles. The molecule has 0 unspecified atom stereocenters. The number of hydrogen-bond donors (Lipinski definition) is 1. The van der Waals surface area contributed by atoms with Gasteiger partial charge in [0.25, 0.3) is 5.91 Å². The highest BCUT2D eigenvalue weighted by Crippen LogP contribution is 2.17. The van der Waals surface area contributed by atoms with E-state index in [1.807, 2.05) is 6.92 Å². The maximum Gasteiger partial charge on any atom is 0.409 e. The van der Waals surface area contributed by atoms with Crippen LogP contribution in [0.1, 0.15) is 26.7 Å². The van der Waals surface area contributed by atoms with E-state index in [4.69, 9.17) is 18.9 Å². The molecule has 0 bridgehead atoms. The second kappa shape index (κ2) is 11.8. The van der Waals surface area contributed by atoms with Crippen LogP contribution < -0.4 is 14.8 Å². The summed E-state index contributed by atoms with van der Waals surface area (Å²) in [5, 5.41) is 2.81. The number of rotatable bonds is 9. The van der Waals surface area contributed by atoms with Gasteiger partial charge in [0.2, 0.25) is 0 Å². The van der Waals surface area contributed by atoms with Crippen LogP contribution >= 0.6 is 0 Å². The fourth-order valence-electron chi connectivity index (χ4n) is 2.82. The number of amides is 2. The maximum atomic E-state index is 12.0. The molecule has 2 rings (SSSR count). The number of nitrogens with one attached hydrogen (secondary N) is 1. The second-order valence-corrected chi connectivity index (χ2v) is 6.38. The fourth-order valence-corrected chi connectivity index (χ4v) is 2.82. The van der Waals surface area contributed by atoms with Gasteiger partial charge in [-0.3, -0.25) is 4.79 Å². The van der Waals surface area contributed by atoms with Crippen molar-refractivity contribution in [2.24, 2.45) is 0 Å². The molecule has 0 radical (unpaired) electrons. The number of carbonyl (C=O) groups is 3. The van der Waals surface area contributed by atoms with Gasteiger partial charge >= 0.3 is 12.1 Å². The highest BCUT2D eigenvalue weighted by molar-refractivity contribution is 5.81. The first-order valence-corrected chi connectivity index (χ1v) is 9.74. The van der Waals surface area contributed by atoms with Crippen molar-refractivity contribution in [3.63, 3.8) is 0 Å². The highest BCUT2D eigenvalue weighted by atomic mass is 16.6. The van der Waals surface area contributed by atoms with E-state index in [-0.39, 0.29) is 31.3 Å². The number of carbonyl (C=O) groups excluding carboxylic acids is 3. The van der Waals surface area contributed by atoms with Crippen LogP contribution in [0.5, 0.6) is 11.5 Å². The van der Waals surface area contributed by atoms with Gasteiger partial charge in [-0.1, -0.05) is 0 Å². The lowest BCUT2D eigenvalue weighted by atomic mass is 10.1. The molecule has 2 amide bonds. The zero-order valence-electron chi connectivity index (χ0n) is 16.8. The number of nitrogens with zero attached hydrogens (tertiary/aromatic N) is 1. The summed E-state index contributed by atoms with van der Waals surface area (Å²) >= 11 is 0. The largest absolute Gasteiger partial charge is 0.494 e. The zero-order chi connectivity index (χ0) is 21.1. The van der Waals surface area contributed by atoms with Gasteiger partial charge in [-0.05, 0) is 51.0 Å². The summed E-state index contributed by atoms with van der Waals surface area (Å²) in [5.41, 5.74) is 0. The van der Waals surface area contributed by atoms with Gasteiger partial charge in [0.1, 0.15) is 11.5 Å². The predicted octanol–water partition coefficient (Wildman–Crippen LogP) is 1.74. The van der Waals surface area contributed by atoms with Gasteiger partial charge in [0.05, 0.1) is 13.2 Å². The molecule has 1 aliphatic rings. The molecule has 1 N–H and O–H groups in total. The quantitative estimate of drug-likeness (QED) is 0.621. The Morgan fingerprint density at radius 3 is 2.14 bits per heavy atom. The topological polar surface area (TPSA) is 103 Å². The summed E-state index contributed by atoms with van der Waals surface area (Å²) in [6, 6.07) is 6.80. The lowest BCUT2D eigenvalue weighted by Gasteiger charge is -2.31. The number of benzene rings is 1. The van der Waals surface area contributed by atoms with Gasteiger partial charge in [-0.15, -0.1) is 0 Å². The van der Waals surface area contributed by atoms with Crippen LogP contribution in [0, 0.1) is 0 Å². The summed E-state index contributed by atoms with van der Waals surface area (Å²) < 4.78 is 20.5. The third-order valence-corrected chi connectivity index (χ3v) is 4.24. The average Bonchev–Trinajstić information content (AvgIpc) is 2.72. The third-order valence-electron chi connectivity index (χ3n) is 4.24. The molecule has 1 saturated heterocycles. The molecule has 0 atom stereocenters. The van der Waals surface area contributed by atoms with E-state index in [0.717, 1.165) is 0 Å². The van der Waals surface area contributed by atoms with Crippen LogP contribution in [-0.2, 0) is 19.1 Å². The Balaban J connectivity index is 1.61. The van der Waals surface area contributed by atoms with Crippen LogP contribution in [0.3, 0.4) is 0 Å². The minimum atomic E-state index is -0.633. The summed E-state index contributed by atoms with van der Waals surface area (Å²) in [4.78, 5) is 37.0. The van der Waals surface area contributed by atoms with E-state index in [1.165, 1.54) is 0 Å². The molecule has 0 spiro atoms. The lowest BCUT2D eigenvalue weighted by Crippen LogP contribution is -2.47. The second-order valence-electron chi connectivity index (χ2n) is 6.38. The number of esters is 1. The highest BCUT2D eigenvalue weighted by Gasteiger charge is 2.24. The smallest absolute Gasteiger partial charge is 0.409 e. The van der Waals surface area contributed by atoms with Crippen LogP contribution in [0.25, 0.3) is 0 Å². The van der Waals surface area contributed by atoms with Crippen molar-refractivity contribution in [3.8, 4) is 11.5 Å². The Morgan fingerprint density at radius 2 is 1.55 bits per heavy atom. The molecule has 1 aromatic rings. The summed E-state index contributed by atoms with van der Waals surface area (Å²) in [7, 11) is 0. The van der Waals surface area contributed by atoms with E-state index >= 15 is 0 Å². The summed E-state index contributed by atoms with van der Waals surface area (Å²) in [6.45, 7) is 4.92. The monoisotopic (exact) mass is 408 g/mol. The third kappa shape index (κ3) is 7.89. The molecule has 9 nitrogen and oxygen atoms in total. The summed E-state index contributed by atoms with van der Waals surface area (Å²) in [6.07, 6.45) is 0.914. The minimum absolute atomic E-state index is 0.0630. The molecular formula is C20H28N2O7. The van der Waals surface area contributed by atoms with Crippen molar-refractivity contribution >= 4 is 18.0 Å². The Labute approximate surface area is 170 Å². The van der Waals surface area contributed by atoms with E-state index < -0.39 is 5.97 Å². The molecule has 1 aliphatic heterocycles. The Morgan fingerprint density at radius 1 is 0.931 bits per heavy atom. The minimum Gasteiger partial charge on any atom is -0.494 e. The van der Waals surface area contributed by atoms with Gasteiger partial charge in [0, 0.05) is 19.1 Å². The van der Waals surface area contributed by atoms with Crippen LogP contribution in [0.2, 0.25) is 0 Å². The molecule has 29 heavy (non-hydrogen) atoms. The maximum absolute atomic E-state index is 12.0. The summed E-state index contributed by atoms with van der Waals surface area (Å²) in [5.74, 6) is 0.204. The van der Waals surface area contributed by atoms with Crippen LogP contribution in [-0.4, -0.2) is 68.4 Å². The number of piperidine rings is 1. The first-order chi connectivity index (χ1) is 14.0. The van der Waals surface area contributed by atoms with E-state index in [0.29, 0.717) is 50.6 Å². The Kier molecular flexibility index (Phi) is 9.07. The number of likely N-dealkylation sites (tertiary alicyclic amines) is 1. The standard InChI is InChI=1S/C20H28N2O7/c1-3-26-16-5-7-17(8-6-16)28-14-19(24)29-13-18(23)21-15-9-11-22(12-10-15)20(25)27-4-2/h5-8,15H,3-4,9-14H2,1-2H3,(H,21,23). The van der Waals surface area contributed by atoms with Crippen LogP contribution in [0.4, 0.5) is 4.79 Å². The predicted molar refractivity (Wildman–Crippen MR) is 104 cm³/mol. The Bertz CT molecular complexity index is 670. The Hall–Kier alpha value is -2.97. The molecule has 9 heteroatoms. The fraction of sp³-hybridized carbons (Fsp3) is 0.550. The van der Waals surface area contributed by atoms with Crippen molar-refractivity contribution in [3.05, 3.63) is 24.3 Å². The number of hydrogen-bond acceptors (Lipinski definition) is 7. The van der Waals surface area contributed by atoms with Crippen molar-refractivity contribution < 1.29 is 33.3 Å². The van der Waals surface area contributed by atoms with Crippen LogP contribution in [0.15, 0.2) is 24.3 Å². The lowest BCUT2D eigenvalue weighted by molar-refractivity contribution is -0.150. The van der Waals surface area contributed by atoms with Crippen molar-refractivity contribution in [2.75, 3.05) is 39.5 Å². The molecule has 1 heterocycles. The molecule has 0 aromatic heterocycles. The number of ether oxygens (including phenoxy) is 4. The van der Waals surface area contributed by atoms with Gasteiger partial charge in [-0.2, -0.15) is 0 Å². The average molecular weight is 408 g/mol. The normalized spacial score (nSPS) is 14.1. The first-order valence-electron chi connectivity index (χ1n) is 9.74. The SMILES string of the molecule is CCOC(=O)N1CCC(NC(=O)COC(=O)COc2ccc(OCC)cc2)CC1. The molecular weight excluding hydrogens is 380 g/mol. The molecule has 0 saturated carbocycles. The van der Waals surface area contributed by atoms with Gasteiger partial charge in [-0.25, -0.2) is 9.59 Å². The van der Waals surface area contributed by atoms with Crippen molar-refractivity contribution in [2.45, 2.75) is 32.7 Å². The molecule has 1 fully saturated rings.